The molecule has 1 heterocycles. The Kier molecular flexibility index (Phi) is 4.21. The van der Waals surface area contributed by atoms with E-state index < -0.39 is 15.8 Å². The van der Waals surface area contributed by atoms with Crippen LogP contribution < -0.4 is 5.32 Å². The summed E-state index contributed by atoms with van der Waals surface area (Å²) in [6, 6.07) is 6.67. The number of carboxylic acid groups (broad SMARTS) is 1. The van der Waals surface area contributed by atoms with Crippen molar-refractivity contribution >= 4 is 15.8 Å². The summed E-state index contributed by atoms with van der Waals surface area (Å²) in [5.41, 5.74) is 1.26. The predicted octanol–water partition coefficient (Wildman–Crippen LogP) is 0.909. The molecule has 0 aromatic heterocycles. The number of benzene rings is 1. The minimum Gasteiger partial charge on any atom is -0.478 e. The summed E-state index contributed by atoms with van der Waals surface area (Å²) in [6.07, 6.45) is 0.729. The van der Waals surface area contributed by atoms with E-state index in [-0.39, 0.29) is 17.2 Å². The van der Waals surface area contributed by atoms with Crippen molar-refractivity contribution in [2.45, 2.75) is 13.0 Å². The fourth-order valence-corrected chi connectivity index (χ4v) is 4.08. The summed E-state index contributed by atoms with van der Waals surface area (Å²) in [7, 11) is -2.81. The summed E-state index contributed by atoms with van der Waals surface area (Å²) in [5.74, 6) is -0.163. The third-order valence-corrected chi connectivity index (χ3v) is 5.13. The summed E-state index contributed by atoms with van der Waals surface area (Å²) in [4.78, 5) is 10.7. The topological polar surface area (TPSA) is 83.5 Å². The van der Waals surface area contributed by atoms with E-state index in [0.29, 0.717) is 18.8 Å². The molecule has 2 N–H and O–H groups in total. The molecule has 1 atom stereocenters. The minimum absolute atomic E-state index is 0.197. The average Bonchev–Trinajstić information content (AvgIpc) is 2.69. The van der Waals surface area contributed by atoms with E-state index in [2.05, 4.69) is 5.32 Å². The molecule has 0 amide bonds. The van der Waals surface area contributed by atoms with Gasteiger partial charge in [-0.3, -0.25) is 0 Å². The number of aromatic carboxylic acids is 1. The highest BCUT2D eigenvalue weighted by Gasteiger charge is 2.27. The Morgan fingerprint density at radius 1 is 1.32 bits per heavy atom. The lowest BCUT2D eigenvalue weighted by Crippen LogP contribution is -2.23. The van der Waals surface area contributed by atoms with Crippen molar-refractivity contribution in [2.75, 3.05) is 18.1 Å². The van der Waals surface area contributed by atoms with Gasteiger partial charge in [0.2, 0.25) is 0 Å². The molecule has 1 saturated heterocycles. The van der Waals surface area contributed by atoms with Crippen molar-refractivity contribution in [3.8, 4) is 0 Å². The molecule has 1 aromatic rings. The molecule has 1 unspecified atom stereocenters. The molecule has 0 spiro atoms. The second-order valence-corrected chi connectivity index (χ2v) is 7.13. The van der Waals surface area contributed by atoms with Gasteiger partial charge in [0.25, 0.3) is 0 Å². The quantitative estimate of drug-likeness (QED) is 0.839. The Balaban J connectivity index is 1.78. The van der Waals surface area contributed by atoms with E-state index in [4.69, 9.17) is 5.11 Å². The van der Waals surface area contributed by atoms with Crippen molar-refractivity contribution in [2.24, 2.45) is 5.92 Å². The summed E-state index contributed by atoms with van der Waals surface area (Å²) in [6.45, 7) is 1.30. The highest BCUT2D eigenvalue weighted by molar-refractivity contribution is 7.91. The van der Waals surface area contributed by atoms with Crippen molar-refractivity contribution in [1.29, 1.82) is 0 Å². The number of sulfone groups is 1. The summed E-state index contributed by atoms with van der Waals surface area (Å²) >= 11 is 0. The molecule has 19 heavy (non-hydrogen) atoms. The maximum atomic E-state index is 11.3. The van der Waals surface area contributed by atoms with Gasteiger partial charge < -0.3 is 10.4 Å². The molecule has 0 aliphatic carbocycles. The van der Waals surface area contributed by atoms with Crippen molar-refractivity contribution < 1.29 is 18.3 Å². The maximum absolute atomic E-state index is 11.3. The molecular formula is C13H17NO4S. The number of rotatable bonds is 5. The number of hydrogen-bond donors (Lipinski definition) is 2. The Hall–Kier alpha value is -1.40. The first-order valence-corrected chi connectivity index (χ1v) is 8.02. The van der Waals surface area contributed by atoms with Gasteiger partial charge in [-0.25, -0.2) is 13.2 Å². The molecule has 104 valence electrons. The Morgan fingerprint density at radius 2 is 2.00 bits per heavy atom. The van der Waals surface area contributed by atoms with Gasteiger partial charge in [-0.05, 0) is 36.6 Å². The lowest BCUT2D eigenvalue weighted by molar-refractivity contribution is 0.0697. The van der Waals surface area contributed by atoms with Gasteiger partial charge in [0, 0.05) is 6.54 Å². The maximum Gasteiger partial charge on any atom is 0.335 e. The monoisotopic (exact) mass is 283 g/mol. The largest absolute Gasteiger partial charge is 0.478 e. The number of carboxylic acids is 1. The van der Waals surface area contributed by atoms with Crippen molar-refractivity contribution in [3.63, 3.8) is 0 Å². The van der Waals surface area contributed by atoms with Crippen LogP contribution in [0.5, 0.6) is 0 Å². The van der Waals surface area contributed by atoms with Crippen LogP contribution in [-0.4, -0.2) is 37.5 Å². The Bertz CT molecular complexity index is 551. The standard InChI is InChI=1S/C13H17NO4S/c15-13(16)12-3-1-10(2-4-12)7-14-8-11-5-6-19(17,18)9-11/h1-4,11,14H,5-9H2,(H,15,16). The third-order valence-electron chi connectivity index (χ3n) is 3.29. The zero-order valence-corrected chi connectivity index (χ0v) is 11.3. The normalized spacial score (nSPS) is 21.4. The SMILES string of the molecule is O=C(O)c1ccc(CNCC2CCS(=O)(=O)C2)cc1. The smallest absolute Gasteiger partial charge is 0.335 e. The van der Waals surface area contributed by atoms with Gasteiger partial charge in [-0.15, -0.1) is 0 Å². The van der Waals surface area contributed by atoms with Crippen LogP contribution >= 0.6 is 0 Å². The molecule has 5 nitrogen and oxygen atoms in total. The second kappa shape index (κ2) is 5.71. The minimum atomic E-state index is -2.81. The van der Waals surface area contributed by atoms with Gasteiger partial charge >= 0.3 is 5.97 Å². The zero-order chi connectivity index (χ0) is 13.9. The number of hydrogen-bond acceptors (Lipinski definition) is 4. The van der Waals surface area contributed by atoms with Crippen LogP contribution in [0.15, 0.2) is 24.3 Å². The lowest BCUT2D eigenvalue weighted by atomic mass is 10.1. The molecular weight excluding hydrogens is 266 g/mol. The summed E-state index contributed by atoms with van der Waals surface area (Å²) < 4.78 is 22.6. The predicted molar refractivity (Wildman–Crippen MR) is 71.9 cm³/mol. The molecule has 0 radical (unpaired) electrons. The van der Waals surface area contributed by atoms with Crippen LogP contribution in [0, 0.1) is 5.92 Å². The highest BCUT2D eigenvalue weighted by atomic mass is 32.2. The van der Waals surface area contributed by atoms with Gasteiger partial charge in [0.05, 0.1) is 17.1 Å². The Morgan fingerprint density at radius 3 is 2.53 bits per heavy atom. The van der Waals surface area contributed by atoms with Crippen LogP contribution in [0.25, 0.3) is 0 Å². The van der Waals surface area contributed by atoms with Gasteiger partial charge in [-0.1, -0.05) is 12.1 Å². The van der Waals surface area contributed by atoms with E-state index in [1.165, 1.54) is 0 Å². The first-order valence-electron chi connectivity index (χ1n) is 6.20. The van der Waals surface area contributed by atoms with Gasteiger partial charge in [0.15, 0.2) is 9.84 Å². The Labute approximate surface area is 112 Å². The van der Waals surface area contributed by atoms with E-state index >= 15 is 0 Å². The van der Waals surface area contributed by atoms with Crippen molar-refractivity contribution in [1.82, 2.24) is 5.32 Å². The molecule has 0 saturated carbocycles. The van der Waals surface area contributed by atoms with Gasteiger partial charge in [-0.2, -0.15) is 0 Å². The molecule has 1 aromatic carbocycles. The fraction of sp³-hybridized carbons (Fsp3) is 0.462. The fourth-order valence-electron chi connectivity index (χ4n) is 2.22. The van der Waals surface area contributed by atoms with Crippen LogP contribution in [0.4, 0.5) is 0 Å². The number of nitrogens with one attached hydrogen (secondary N) is 1. The van der Waals surface area contributed by atoms with E-state index in [1.807, 2.05) is 0 Å². The third kappa shape index (κ3) is 4.04. The highest BCUT2D eigenvalue weighted by Crippen LogP contribution is 2.17. The van der Waals surface area contributed by atoms with Crippen LogP contribution in [-0.2, 0) is 16.4 Å². The van der Waals surface area contributed by atoms with Crippen LogP contribution in [0.3, 0.4) is 0 Å². The first kappa shape index (κ1) is 14.0. The second-order valence-electron chi connectivity index (χ2n) is 4.90. The molecule has 6 heteroatoms. The first-order chi connectivity index (χ1) is 8.96. The molecule has 2 rings (SSSR count). The molecule has 0 bridgehead atoms. The zero-order valence-electron chi connectivity index (χ0n) is 10.5. The van der Waals surface area contributed by atoms with Crippen LogP contribution in [0.2, 0.25) is 0 Å². The van der Waals surface area contributed by atoms with E-state index in [9.17, 15) is 13.2 Å². The van der Waals surface area contributed by atoms with Crippen molar-refractivity contribution in [3.05, 3.63) is 35.4 Å². The van der Waals surface area contributed by atoms with Gasteiger partial charge in [0.1, 0.15) is 0 Å². The summed E-state index contributed by atoms with van der Waals surface area (Å²) in [5, 5.41) is 12.0. The number of carbonyl (C=O) groups is 1. The van der Waals surface area contributed by atoms with E-state index in [0.717, 1.165) is 12.0 Å². The molecule has 1 aliphatic heterocycles. The molecule has 1 fully saturated rings. The molecule has 1 aliphatic rings. The van der Waals surface area contributed by atoms with E-state index in [1.54, 1.807) is 24.3 Å². The van der Waals surface area contributed by atoms with Crippen LogP contribution in [0.1, 0.15) is 22.3 Å². The lowest BCUT2D eigenvalue weighted by Gasteiger charge is -2.09. The average molecular weight is 283 g/mol.